The first-order valence-electron chi connectivity index (χ1n) is 9.30. The number of anilines is 2. The van der Waals surface area contributed by atoms with Gasteiger partial charge in [-0.1, -0.05) is 41.9 Å². The number of thioether (sulfide) groups is 1. The van der Waals surface area contributed by atoms with Crippen LogP contribution in [0.25, 0.3) is 0 Å². The van der Waals surface area contributed by atoms with E-state index in [1.807, 2.05) is 24.5 Å². The van der Waals surface area contributed by atoms with E-state index in [1.54, 1.807) is 48.2 Å². The molecule has 3 rings (SSSR count). The molecule has 0 saturated heterocycles. The zero-order valence-corrected chi connectivity index (χ0v) is 19.2. The van der Waals surface area contributed by atoms with Crippen molar-refractivity contribution in [2.24, 2.45) is 0 Å². The van der Waals surface area contributed by atoms with E-state index in [4.69, 9.17) is 11.6 Å². The Bertz CT molecular complexity index is 1200. The zero-order chi connectivity index (χ0) is 22.4. The number of rotatable bonds is 8. The summed E-state index contributed by atoms with van der Waals surface area (Å²) < 4.78 is 27.9. The fourth-order valence-electron chi connectivity index (χ4n) is 2.92. The average molecular weight is 473 g/mol. The highest BCUT2D eigenvalue weighted by Crippen LogP contribution is 2.28. The third-order valence-corrected chi connectivity index (χ3v) is 7.28. The predicted molar refractivity (Wildman–Crippen MR) is 129 cm³/mol. The summed E-state index contributed by atoms with van der Waals surface area (Å²) in [5, 5.41) is 2.94. The third-order valence-electron chi connectivity index (χ3n) is 4.44. The molecule has 31 heavy (non-hydrogen) atoms. The van der Waals surface area contributed by atoms with E-state index in [2.05, 4.69) is 11.9 Å². The molecule has 0 spiro atoms. The summed E-state index contributed by atoms with van der Waals surface area (Å²) >= 11 is 7.78. The van der Waals surface area contributed by atoms with Crippen LogP contribution in [0.4, 0.5) is 11.4 Å². The molecule has 1 N–H and O–H groups in total. The van der Waals surface area contributed by atoms with Crippen molar-refractivity contribution < 1.29 is 13.2 Å². The Hall–Kier alpha value is -2.74. The number of benzene rings is 3. The van der Waals surface area contributed by atoms with Gasteiger partial charge in [-0.3, -0.25) is 9.10 Å². The topological polar surface area (TPSA) is 66.5 Å². The Morgan fingerprint density at radius 1 is 1.10 bits per heavy atom. The molecule has 0 aromatic heterocycles. The normalized spacial score (nSPS) is 11.0. The molecule has 8 heteroatoms. The molecule has 1 amide bonds. The molecular formula is C23H21ClN2O3S2. The second-order valence-corrected chi connectivity index (χ2v) is 9.64. The molecule has 0 aliphatic carbocycles. The van der Waals surface area contributed by atoms with Crippen molar-refractivity contribution in [3.05, 3.63) is 96.0 Å². The maximum atomic E-state index is 13.4. The van der Waals surface area contributed by atoms with Gasteiger partial charge in [0.15, 0.2) is 0 Å². The van der Waals surface area contributed by atoms with Crippen LogP contribution in [0.15, 0.2) is 95.2 Å². The van der Waals surface area contributed by atoms with Gasteiger partial charge in [-0.15, -0.1) is 18.3 Å². The molecule has 0 aliphatic rings. The highest BCUT2D eigenvalue weighted by Gasteiger charge is 2.26. The fraction of sp³-hybridized carbons (Fsp3) is 0.0870. The number of para-hydroxylation sites is 1. The molecule has 0 radical (unpaired) electrons. The number of carbonyl (C=O) groups excluding carboxylic acids is 1. The zero-order valence-electron chi connectivity index (χ0n) is 16.8. The van der Waals surface area contributed by atoms with Crippen LogP contribution < -0.4 is 9.62 Å². The van der Waals surface area contributed by atoms with E-state index < -0.39 is 15.9 Å². The quantitative estimate of drug-likeness (QED) is 0.337. The van der Waals surface area contributed by atoms with Crippen molar-refractivity contribution in [1.82, 2.24) is 0 Å². The number of sulfonamides is 1. The van der Waals surface area contributed by atoms with Gasteiger partial charge in [0.1, 0.15) is 0 Å². The first kappa shape index (κ1) is 22.9. The molecular weight excluding hydrogens is 452 g/mol. The van der Waals surface area contributed by atoms with E-state index in [1.165, 1.54) is 28.6 Å². The number of halogens is 1. The van der Waals surface area contributed by atoms with Gasteiger partial charge in [0.05, 0.1) is 27.7 Å². The molecule has 0 atom stereocenters. The Balaban J connectivity index is 1.96. The lowest BCUT2D eigenvalue weighted by Gasteiger charge is -2.23. The molecule has 0 unspecified atom stereocenters. The van der Waals surface area contributed by atoms with Crippen LogP contribution in [0.5, 0.6) is 0 Å². The van der Waals surface area contributed by atoms with Crippen molar-refractivity contribution in [3.8, 4) is 0 Å². The monoisotopic (exact) mass is 472 g/mol. The first-order valence-corrected chi connectivity index (χ1v) is 12.3. The summed E-state index contributed by atoms with van der Waals surface area (Å²) in [6.07, 6.45) is 3.45. The highest BCUT2D eigenvalue weighted by atomic mass is 35.5. The minimum absolute atomic E-state index is 0.0365. The Kier molecular flexibility index (Phi) is 7.43. The minimum atomic E-state index is -3.95. The second kappa shape index (κ2) is 10.0. The minimum Gasteiger partial charge on any atom is -0.322 e. The lowest BCUT2D eigenvalue weighted by Crippen LogP contribution is -2.31. The summed E-state index contributed by atoms with van der Waals surface area (Å²) in [6, 6.07) is 20.2. The van der Waals surface area contributed by atoms with E-state index in [-0.39, 0.29) is 22.0 Å². The van der Waals surface area contributed by atoms with Crippen molar-refractivity contribution in [2.45, 2.75) is 9.79 Å². The molecule has 0 saturated carbocycles. The summed E-state index contributed by atoms with van der Waals surface area (Å²) in [7, 11) is -3.95. The molecule has 0 aliphatic heterocycles. The smallest absolute Gasteiger partial charge is 0.264 e. The molecule has 3 aromatic carbocycles. The number of amides is 1. The van der Waals surface area contributed by atoms with Crippen molar-refractivity contribution in [3.63, 3.8) is 0 Å². The maximum absolute atomic E-state index is 13.4. The van der Waals surface area contributed by atoms with E-state index in [9.17, 15) is 13.2 Å². The lowest BCUT2D eigenvalue weighted by molar-refractivity contribution is 0.102. The summed E-state index contributed by atoms with van der Waals surface area (Å²) in [5.41, 5.74) is 1.17. The Morgan fingerprint density at radius 2 is 1.84 bits per heavy atom. The Labute approximate surface area is 191 Å². The number of carbonyl (C=O) groups is 1. The van der Waals surface area contributed by atoms with Gasteiger partial charge in [0.25, 0.3) is 15.9 Å². The van der Waals surface area contributed by atoms with E-state index >= 15 is 0 Å². The van der Waals surface area contributed by atoms with Crippen LogP contribution in [0.1, 0.15) is 10.4 Å². The van der Waals surface area contributed by atoms with Gasteiger partial charge in [0, 0.05) is 10.6 Å². The van der Waals surface area contributed by atoms with Crippen molar-refractivity contribution in [2.75, 3.05) is 22.4 Å². The molecule has 0 bridgehead atoms. The van der Waals surface area contributed by atoms with Crippen molar-refractivity contribution >= 4 is 50.7 Å². The van der Waals surface area contributed by atoms with Gasteiger partial charge in [-0.25, -0.2) is 8.42 Å². The van der Waals surface area contributed by atoms with Crippen LogP contribution in [0, 0.1) is 0 Å². The average Bonchev–Trinajstić information content (AvgIpc) is 2.78. The van der Waals surface area contributed by atoms with Crippen LogP contribution in [0.3, 0.4) is 0 Å². The molecule has 3 aromatic rings. The van der Waals surface area contributed by atoms with E-state index in [0.717, 1.165) is 4.90 Å². The van der Waals surface area contributed by atoms with Crippen LogP contribution in [-0.4, -0.2) is 27.1 Å². The van der Waals surface area contributed by atoms with Gasteiger partial charge < -0.3 is 5.32 Å². The number of nitrogens with zero attached hydrogens (tertiary/aromatic N) is 1. The molecule has 0 heterocycles. The largest absolute Gasteiger partial charge is 0.322 e. The fourth-order valence-corrected chi connectivity index (χ4v) is 5.04. The van der Waals surface area contributed by atoms with Gasteiger partial charge in [-0.2, -0.15) is 0 Å². The number of hydrogen-bond donors (Lipinski definition) is 1. The standard InChI is InChI=1S/C23H21ClN2O3S2/c1-3-14-26(18-9-5-4-6-10-18)31(28,29)20-12-13-22(24)21(16-20)23(27)25-17-8-7-11-19(15-17)30-2/h3-13,15-16H,1,14H2,2H3,(H,25,27). The predicted octanol–water partition coefficient (Wildman–Crippen LogP) is 5.70. The highest BCUT2D eigenvalue weighted by molar-refractivity contribution is 7.98. The van der Waals surface area contributed by atoms with E-state index in [0.29, 0.717) is 11.4 Å². The third kappa shape index (κ3) is 5.31. The molecule has 0 fully saturated rings. The summed E-state index contributed by atoms with van der Waals surface area (Å²) in [5.74, 6) is -0.490. The SMILES string of the molecule is C=CCN(c1ccccc1)S(=O)(=O)c1ccc(Cl)c(C(=O)Nc2cccc(SC)c2)c1. The van der Waals surface area contributed by atoms with Crippen molar-refractivity contribution in [1.29, 1.82) is 0 Å². The van der Waals surface area contributed by atoms with Crippen LogP contribution in [0.2, 0.25) is 5.02 Å². The lowest BCUT2D eigenvalue weighted by atomic mass is 10.2. The number of hydrogen-bond acceptors (Lipinski definition) is 4. The first-order chi connectivity index (χ1) is 14.9. The molecule has 160 valence electrons. The summed E-state index contributed by atoms with van der Waals surface area (Å²) in [6.45, 7) is 3.74. The van der Waals surface area contributed by atoms with Crippen LogP contribution >= 0.6 is 23.4 Å². The van der Waals surface area contributed by atoms with Gasteiger partial charge in [0.2, 0.25) is 0 Å². The van der Waals surface area contributed by atoms with Crippen LogP contribution in [-0.2, 0) is 10.0 Å². The Morgan fingerprint density at radius 3 is 2.52 bits per heavy atom. The second-order valence-electron chi connectivity index (χ2n) is 6.49. The van der Waals surface area contributed by atoms with Gasteiger partial charge >= 0.3 is 0 Å². The number of nitrogens with one attached hydrogen (secondary N) is 1. The molecule has 5 nitrogen and oxygen atoms in total. The van der Waals surface area contributed by atoms with Gasteiger partial charge in [-0.05, 0) is 54.8 Å². The summed E-state index contributed by atoms with van der Waals surface area (Å²) in [4.78, 5) is 13.8. The maximum Gasteiger partial charge on any atom is 0.264 e.